The summed E-state index contributed by atoms with van der Waals surface area (Å²) in [6, 6.07) is 1.79. The van der Waals surface area contributed by atoms with E-state index in [4.69, 9.17) is 4.74 Å². The number of carbonyl (C=O) groups is 2. The molecule has 1 amide bonds. The largest absolute Gasteiger partial charge is 0.462 e. The molecule has 0 radical (unpaired) electrons. The summed E-state index contributed by atoms with van der Waals surface area (Å²) in [5.41, 5.74) is 1.32. The third kappa shape index (κ3) is 4.66. The monoisotopic (exact) mass is 403 g/mol. The maximum atomic E-state index is 12.5. The van der Waals surface area contributed by atoms with Crippen molar-refractivity contribution in [3.63, 3.8) is 0 Å². The lowest BCUT2D eigenvalue weighted by Gasteiger charge is -2.34. The number of ether oxygens (including phenoxy) is 1. The highest BCUT2D eigenvalue weighted by molar-refractivity contribution is 7.16. The molecule has 9 heteroatoms. The molecule has 1 fully saturated rings. The summed E-state index contributed by atoms with van der Waals surface area (Å²) >= 11 is 1.41. The topological polar surface area (TPSA) is 87.7 Å². The summed E-state index contributed by atoms with van der Waals surface area (Å²) in [7, 11) is 0. The van der Waals surface area contributed by atoms with Gasteiger partial charge in [-0.05, 0) is 32.4 Å². The SMILES string of the molecule is CCOC(=O)c1c(NC(=O)CN2CCN(c3ncccn3)CC2)sc(C)c1C. The molecule has 0 unspecified atom stereocenters. The quantitative estimate of drug-likeness (QED) is 0.739. The molecule has 2 aromatic rings. The standard InChI is InChI=1S/C19H25N5O3S/c1-4-27-18(26)16-13(2)14(3)28-17(16)22-15(25)12-23-8-10-24(11-9-23)19-20-6-5-7-21-19/h5-7H,4,8-12H2,1-3H3,(H,22,25). The van der Waals surface area contributed by atoms with Crippen molar-refractivity contribution in [3.8, 4) is 0 Å². The van der Waals surface area contributed by atoms with Crippen LogP contribution in [-0.2, 0) is 9.53 Å². The van der Waals surface area contributed by atoms with Crippen LogP contribution in [0, 0.1) is 13.8 Å². The smallest absolute Gasteiger partial charge is 0.341 e. The molecular weight excluding hydrogens is 378 g/mol. The minimum atomic E-state index is -0.392. The highest BCUT2D eigenvalue weighted by Gasteiger charge is 2.24. The van der Waals surface area contributed by atoms with Crippen LogP contribution in [0.25, 0.3) is 0 Å². The summed E-state index contributed by atoms with van der Waals surface area (Å²) in [4.78, 5) is 38.5. The van der Waals surface area contributed by atoms with Crippen molar-refractivity contribution in [3.05, 3.63) is 34.5 Å². The molecule has 0 aliphatic carbocycles. The number of aromatic nitrogens is 2. The zero-order valence-corrected chi connectivity index (χ0v) is 17.2. The van der Waals surface area contributed by atoms with Gasteiger partial charge in [0.1, 0.15) is 5.00 Å². The lowest BCUT2D eigenvalue weighted by molar-refractivity contribution is -0.117. The highest BCUT2D eigenvalue weighted by Crippen LogP contribution is 2.33. The number of anilines is 2. The Kier molecular flexibility index (Phi) is 6.58. The van der Waals surface area contributed by atoms with Gasteiger partial charge in [-0.3, -0.25) is 9.69 Å². The fourth-order valence-electron chi connectivity index (χ4n) is 3.09. The van der Waals surface area contributed by atoms with E-state index in [0.717, 1.165) is 42.6 Å². The number of hydrogen-bond acceptors (Lipinski definition) is 8. The second-order valence-electron chi connectivity index (χ2n) is 6.57. The van der Waals surface area contributed by atoms with Gasteiger partial charge in [0, 0.05) is 43.4 Å². The molecule has 1 aliphatic heterocycles. The van der Waals surface area contributed by atoms with E-state index in [0.29, 0.717) is 17.2 Å². The Hall–Kier alpha value is -2.52. The van der Waals surface area contributed by atoms with Gasteiger partial charge in [0.05, 0.1) is 18.7 Å². The Morgan fingerprint density at radius 1 is 1.18 bits per heavy atom. The van der Waals surface area contributed by atoms with Crippen molar-refractivity contribution < 1.29 is 14.3 Å². The molecule has 1 saturated heterocycles. The second-order valence-corrected chi connectivity index (χ2v) is 7.79. The van der Waals surface area contributed by atoms with E-state index < -0.39 is 5.97 Å². The summed E-state index contributed by atoms with van der Waals surface area (Å²) in [6.45, 7) is 9.19. The van der Waals surface area contributed by atoms with E-state index >= 15 is 0 Å². The highest BCUT2D eigenvalue weighted by atomic mass is 32.1. The van der Waals surface area contributed by atoms with Crippen LogP contribution in [0.15, 0.2) is 18.5 Å². The van der Waals surface area contributed by atoms with Crippen molar-refractivity contribution in [2.45, 2.75) is 20.8 Å². The minimum absolute atomic E-state index is 0.129. The average molecular weight is 404 g/mol. The lowest BCUT2D eigenvalue weighted by Crippen LogP contribution is -2.49. The molecule has 0 aromatic carbocycles. The number of piperazine rings is 1. The number of nitrogens with zero attached hydrogens (tertiary/aromatic N) is 4. The van der Waals surface area contributed by atoms with Crippen molar-refractivity contribution in [2.75, 3.05) is 49.5 Å². The maximum Gasteiger partial charge on any atom is 0.341 e. The van der Waals surface area contributed by atoms with Crippen LogP contribution >= 0.6 is 11.3 Å². The van der Waals surface area contributed by atoms with Gasteiger partial charge in [-0.15, -0.1) is 11.3 Å². The summed E-state index contributed by atoms with van der Waals surface area (Å²) in [5.74, 6) is 0.197. The van der Waals surface area contributed by atoms with Gasteiger partial charge in [0.15, 0.2) is 0 Å². The van der Waals surface area contributed by atoms with Crippen LogP contribution < -0.4 is 10.2 Å². The molecule has 0 spiro atoms. The molecule has 150 valence electrons. The number of nitrogens with one attached hydrogen (secondary N) is 1. The average Bonchev–Trinajstić information content (AvgIpc) is 2.96. The first-order valence-corrected chi connectivity index (χ1v) is 10.1. The zero-order valence-electron chi connectivity index (χ0n) is 16.4. The molecular formula is C19H25N5O3S. The molecule has 3 rings (SSSR count). The van der Waals surface area contributed by atoms with Gasteiger partial charge < -0.3 is 15.0 Å². The van der Waals surface area contributed by atoms with Crippen LogP contribution in [0.1, 0.15) is 27.7 Å². The second kappa shape index (κ2) is 9.11. The Balaban J connectivity index is 1.57. The molecule has 8 nitrogen and oxygen atoms in total. The van der Waals surface area contributed by atoms with Crippen molar-refractivity contribution in [1.29, 1.82) is 0 Å². The predicted octanol–water partition coefficient (Wildman–Crippen LogP) is 2.09. The molecule has 1 aliphatic rings. The normalized spacial score (nSPS) is 14.8. The third-order valence-corrected chi connectivity index (χ3v) is 5.81. The van der Waals surface area contributed by atoms with E-state index in [9.17, 15) is 9.59 Å². The van der Waals surface area contributed by atoms with E-state index in [1.54, 1.807) is 25.4 Å². The Morgan fingerprint density at radius 3 is 2.50 bits per heavy atom. The summed E-state index contributed by atoms with van der Waals surface area (Å²) < 4.78 is 5.14. The van der Waals surface area contributed by atoms with E-state index in [1.165, 1.54) is 11.3 Å². The zero-order chi connectivity index (χ0) is 20.1. The fraction of sp³-hybridized carbons (Fsp3) is 0.474. The number of rotatable bonds is 6. The van der Waals surface area contributed by atoms with Gasteiger partial charge in [0.2, 0.25) is 11.9 Å². The number of esters is 1. The van der Waals surface area contributed by atoms with Crippen molar-refractivity contribution >= 4 is 34.2 Å². The number of thiophene rings is 1. The number of aryl methyl sites for hydroxylation is 1. The van der Waals surface area contributed by atoms with Crippen LogP contribution in [0.3, 0.4) is 0 Å². The first-order chi connectivity index (χ1) is 13.5. The van der Waals surface area contributed by atoms with Gasteiger partial charge in [-0.1, -0.05) is 0 Å². The van der Waals surface area contributed by atoms with E-state index in [-0.39, 0.29) is 12.5 Å². The molecule has 1 N–H and O–H groups in total. The van der Waals surface area contributed by atoms with Crippen LogP contribution in [0.4, 0.5) is 10.9 Å². The van der Waals surface area contributed by atoms with Crippen LogP contribution in [0.5, 0.6) is 0 Å². The first kappa shape index (κ1) is 20.2. The molecule has 0 atom stereocenters. The Labute approximate surface area is 168 Å². The molecule has 28 heavy (non-hydrogen) atoms. The fourth-order valence-corrected chi connectivity index (χ4v) is 4.16. The lowest BCUT2D eigenvalue weighted by atomic mass is 10.1. The van der Waals surface area contributed by atoms with Gasteiger partial charge in [0.25, 0.3) is 0 Å². The van der Waals surface area contributed by atoms with Gasteiger partial charge >= 0.3 is 5.97 Å². The number of carbonyl (C=O) groups excluding carboxylic acids is 2. The Morgan fingerprint density at radius 2 is 1.86 bits per heavy atom. The predicted molar refractivity (Wildman–Crippen MR) is 109 cm³/mol. The summed E-state index contributed by atoms with van der Waals surface area (Å²) in [6.07, 6.45) is 3.46. The minimum Gasteiger partial charge on any atom is -0.462 e. The third-order valence-electron chi connectivity index (χ3n) is 4.69. The van der Waals surface area contributed by atoms with E-state index in [1.807, 2.05) is 13.8 Å². The molecule has 0 saturated carbocycles. The van der Waals surface area contributed by atoms with Gasteiger partial charge in [-0.2, -0.15) is 0 Å². The van der Waals surface area contributed by atoms with Gasteiger partial charge in [-0.25, -0.2) is 14.8 Å². The maximum absolute atomic E-state index is 12.5. The molecule has 2 aromatic heterocycles. The number of amides is 1. The molecule has 0 bridgehead atoms. The van der Waals surface area contributed by atoms with Crippen LogP contribution in [0.2, 0.25) is 0 Å². The van der Waals surface area contributed by atoms with Crippen molar-refractivity contribution in [2.24, 2.45) is 0 Å². The Bertz CT molecular complexity index is 832. The first-order valence-electron chi connectivity index (χ1n) is 9.30. The molecule has 3 heterocycles. The summed E-state index contributed by atoms with van der Waals surface area (Å²) in [5, 5.41) is 3.47. The number of hydrogen-bond donors (Lipinski definition) is 1. The van der Waals surface area contributed by atoms with Crippen LogP contribution in [-0.4, -0.2) is 66.1 Å². The van der Waals surface area contributed by atoms with E-state index in [2.05, 4.69) is 25.1 Å². The van der Waals surface area contributed by atoms with Crippen molar-refractivity contribution in [1.82, 2.24) is 14.9 Å².